The van der Waals surface area contributed by atoms with E-state index in [4.69, 9.17) is 5.26 Å². The quantitative estimate of drug-likeness (QED) is 0.749. The van der Waals surface area contributed by atoms with E-state index in [1.165, 1.54) is 5.56 Å². The van der Waals surface area contributed by atoms with E-state index in [-0.39, 0.29) is 11.8 Å². The lowest BCUT2D eigenvalue weighted by molar-refractivity contribution is -0.123. The van der Waals surface area contributed by atoms with Crippen LogP contribution in [-0.4, -0.2) is 12.5 Å². The first kappa shape index (κ1) is 9.72. The van der Waals surface area contributed by atoms with Crippen LogP contribution in [0.1, 0.15) is 23.5 Å². The van der Waals surface area contributed by atoms with Crippen LogP contribution in [0, 0.1) is 11.3 Å². The van der Waals surface area contributed by atoms with E-state index >= 15 is 0 Å². The zero-order valence-electron chi connectivity index (χ0n) is 8.36. The Morgan fingerprint density at radius 3 is 3.07 bits per heavy atom. The van der Waals surface area contributed by atoms with Crippen LogP contribution < -0.4 is 5.32 Å². The fourth-order valence-electron chi connectivity index (χ4n) is 1.86. The van der Waals surface area contributed by atoms with Gasteiger partial charge in [-0.1, -0.05) is 24.3 Å². The van der Waals surface area contributed by atoms with Crippen LogP contribution in [0.3, 0.4) is 0 Å². The van der Waals surface area contributed by atoms with E-state index in [0.717, 1.165) is 12.0 Å². The average molecular weight is 200 g/mol. The summed E-state index contributed by atoms with van der Waals surface area (Å²) in [5.41, 5.74) is 2.39. The molecule has 3 heteroatoms. The summed E-state index contributed by atoms with van der Waals surface area (Å²) in [6.07, 6.45) is 1.20. The van der Waals surface area contributed by atoms with Crippen molar-refractivity contribution in [3.8, 4) is 6.07 Å². The molecule has 1 unspecified atom stereocenters. The van der Waals surface area contributed by atoms with Crippen molar-refractivity contribution in [3.05, 3.63) is 35.4 Å². The summed E-state index contributed by atoms with van der Waals surface area (Å²) in [5, 5.41) is 11.1. The van der Waals surface area contributed by atoms with Crippen LogP contribution >= 0.6 is 0 Å². The molecule has 1 aromatic carbocycles. The molecule has 0 radical (unpaired) electrons. The third-order valence-corrected chi connectivity index (χ3v) is 2.71. The first-order valence-corrected chi connectivity index (χ1v) is 5.05. The highest BCUT2D eigenvalue weighted by atomic mass is 16.1. The van der Waals surface area contributed by atoms with Gasteiger partial charge in [0.25, 0.3) is 0 Å². The Hall–Kier alpha value is -1.82. The van der Waals surface area contributed by atoms with E-state index in [1.54, 1.807) is 0 Å². The number of amides is 1. The monoisotopic (exact) mass is 200 g/mol. The molecule has 0 bridgehead atoms. The van der Waals surface area contributed by atoms with E-state index < -0.39 is 0 Å². The maximum absolute atomic E-state index is 11.6. The Kier molecular flexibility index (Phi) is 2.68. The Bertz CT molecular complexity index is 420. The summed E-state index contributed by atoms with van der Waals surface area (Å²) in [4.78, 5) is 11.6. The molecule has 1 atom stereocenters. The molecular formula is C12H12N2O. The number of hydrogen-bond acceptors (Lipinski definition) is 2. The molecule has 0 saturated carbocycles. The summed E-state index contributed by atoms with van der Waals surface area (Å²) in [5.74, 6) is 0.0452. The maximum atomic E-state index is 11.6. The van der Waals surface area contributed by atoms with Crippen molar-refractivity contribution in [2.45, 2.75) is 18.8 Å². The van der Waals surface area contributed by atoms with E-state index in [0.29, 0.717) is 13.0 Å². The van der Waals surface area contributed by atoms with Crippen molar-refractivity contribution in [3.63, 3.8) is 0 Å². The van der Waals surface area contributed by atoms with Crippen LogP contribution in [0.15, 0.2) is 24.3 Å². The smallest absolute Gasteiger partial charge is 0.227 e. The van der Waals surface area contributed by atoms with E-state index in [2.05, 4.69) is 5.32 Å². The van der Waals surface area contributed by atoms with Gasteiger partial charge in [0.05, 0.1) is 18.4 Å². The number of nitrogens with one attached hydrogen (secondary N) is 1. The van der Waals surface area contributed by atoms with Crippen LogP contribution in [0.25, 0.3) is 0 Å². The molecule has 0 spiro atoms. The molecule has 1 aromatic rings. The predicted octanol–water partition coefficient (Wildman–Crippen LogP) is 1.36. The lowest BCUT2D eigenvalue weighted by atomic mass is 9.77. The number of carbonyl (C=O) groups is 1. The summed E-state index contributed by atoms with van der Waals surface area (Å²) in [7, 11) is 0. The zero-order valence-corrected chi connectivity index (χ0v) is 8.36. The van der Waals surface area contributed by atoms with Crippen molar-refractivity contribution in [1.29, 1.82) is 5.26 Å². The summed E-state index contributed by atoms with van der Waals surface area (Å²) < 4.78 is 0. The van der Waals surface area contributed by atoms with Gasteiger partial charge in [0, 0.05) is 6.54 Å². The molecule has 3 nitrogen and oxygen atoms in total. The normalized spacial score (nSPS) is 17.1. The Morgan fingerprint density at radius 2 is 2.33 bits per heavy atom. The standard InChI is InChI=1S/C12H12N2O/c13-6-3-7-14-12(15)11-8-9-4-1-2-5-10(9)11/h1-2,4-5,11H,3,7-8H2,(H,14,15). The molecule has 1 amide bonds. The minimum Gasteiger partial charge on any atom is -0.355 e. The molecule has 2 rings (SSSR count). The Balaban J connectivity index is 1.93. The minimum atomic E-state index is -0.0000992. The summed E-state index contributed by atoms with van der Waals surface area (Å²) >= 11 is 0. The number of nitriles is 1. The maximum Gasteiger partial charge on any atom is 0.227 e. The highest BCUT2D eigenvalue weighted by molar-refractivity contribution is 5.86. The predicted molar refractivity (Wildman–Crippen MR) is 56.1 cm³/mol. The van der Waals surface area contributed by atoms with E-state index in [9.17, 15) is 4.79 Å². The fraction of sp³-hybridized carbons (Fsp3) is 0.333. The highest BCUT2D eigenvalue weighted by Crippen LogP contribution is 2.34. The topological polar surface area (TPSA) is 52.9 Å². The van der Waals surface area contributed by atoms with Crippen molar-refractivity contribution in [1.82, 2.24) is 5.32 Å². The molecule has 0 fully saturated rings. The van der Waals surface area contributed by atoms with Gasteiger partial charge < -0.3 is 5.32 Å². The lowest BCUT2D eigenvalue weighted by Crippen LogP contribution is -2.35. The number of rotatable bonds is 3. The molecule has 1 aliphatic rings. The average Bonchev–Trinajstić information content (AvgIpc) is 2.20. The molecule has 15 heavy (non-hydrogen) atoms. The van der Waals surface area contributed by atoms with Gasteiger partial charge in [-0.05, 0) is 17.5 Å². The second-order valence-electron chi connectivity index (χ2n) is 3.65. The van der Waals surface area contributed by atoms with Gasteiger partial charge in [-0.2, -0.15) is 5.26 Å². The third kappa shape index (κ3) is 1.84. The number of fused-ring (bicyclic) bond motifs is 1. The molecule has 0 saturated heterocycles. The van der Waals surface area contributed by atoms with Gasteiger partial charge in [0.15, 0.2) is 0 Å². The molecule has 1 aliphatic carbocycles. The fourth-order valence-corrected chi connectivity index (χ4v) is 1.86. The molecule has 0 aliphatic heterocycles. The van der Waals surface area contributed by atoms with Gasteiger partial charge in [0.1, 0.15) is 0 Å². The van der Waals surface area contributed by atoms with Gasteiger partial charge in [-0.25, -0.2) is 0 Å². The van der Waals surface area contributed by atoms with E-state index in [1.807, 2.05) is 30.3 Å². The summed E-state index contributed by atoms with van der Waals surface area (Å²) in [6.45, 7) is 0.452. The number of hydrogen-bond donors (Lipinski definition) is 1. The lowest BCUT2D eigenvalue weighted by Gasteiger charge is -2.28. The van der Waals surface area contributed by atoms with Crippen LogP contribution in [0.4, 0.5) is 0 Å². The molecule has 0 aromatic heterocycles. The van der Waals surface area contributed by atoms with Gasteiger partial charge in [0.2, 0.25) is 5.91 Å². The zero-order chi connectivity index (χ0) is 10.7. The largest absolute Gasteiger partial charge is 0.355 e. The van der Waals surface area contributed by atoms with Crippen LogP contribution in [-0.2, 0) is 11.2 Å². The first-order valence-electron chi connectivity index (χ1n) is 5.05. The van der Waals surface area contributed by atoms with Gasteiger partial charge in [-0.15, -0.1) is 0 Å². The van der Waals surface area contributed by atoms with Crippen molar-refractivity contribution < 1.29 is 4.79 Å². The minimum absolute atomic E-state index is 0.0000992. The molecule has 0 heterocycles. The molecule has 1 N–H and O–H groups in total. The number of nitrogens with zero attached hydrogens (tertiary/aromatic N) is 1. The van der Waals surface area contributed by atoms with Crippen molar-refractivity contribution in [2.24, 2.45) is 0 Å². The Morgan fingerprint density at radius 1 is 1.53 bits per heavy atom. The second kappa shape index (κ2) is 4.14. The number of carbonyl (C=O) groups excluding carboxylic acids is 1. The van der Waals surface area contributed by atoms with Crippen LogP contribution in [0.5, 0.6) is 0 Å². The SMILES string of the molecule is N#CCCNC(=O)C1Cc2ccccc21. The molecule has 76 valence electrons. The van der Waals surface area contributed by atoms with Crippen molar-refractivity contribution in [2.75, 3.05) is 6.54 Å². The second-order valence-corrected chi connectivity index (χ2v) is 3.65. The third-order valence-electron chi connectivity index (χ3n) is 2.71. The van der Waals surface area contributed by atoms with Gasteiger partial charge >= 0.3 is 0 Å². The highest BCUT2D eigenvalue weighted by Gasteiger charge is 2.31. The first-order chi connectivity index (χ1) is 7.33. The summed E-state index contributed by atoms with van der Waals surface area (Å²) in [6, 6.07) is 9.99. The molecular weight excluding hydrogens is 188 g/mol. The van der Waals surface area contributed by atoms with Crippen molar-refractivity contribution >= 4 is 5.91 Å². The van der Waals surface area contributed by atoms with Crippen LogP contribution in [0.2, 0.25) is 0 Å². The Labute approximate surface area is 88.7 Å². The van der Waals surface area contributed by atoms with Gasteiger partial charge in [-0.3, -0.25) is 4.79 Å². The number of benzene rings is 1.